The van der Waals surface area contributed by atoms with Crippen LogP contribution in [0.15, 0.2) is 94.7 Å². The third-order valence-corrected chi connectivity index (χ3v) is 7.39. The first-order chi connectivity index (χ1) is 17.5. The minimum atomic E-state index is -4.58. The molecule has 0 bridgehead atoms. The average molecular weight is 529 g/mol. The summed E-state index contributed by atoms with van der Waals surface area (Å²) in [5.41, 5.74) is 3.05. The standard InChI is InChI=1S/C29H22N4O3S.Na/c1-29(2)26(15-11-21(17-30)27(24(18-31)32-3)19-8-6-5-7-9-19)33(4)25-14-10-20-16-22(37(34,35)36)12-13-23(20)28(25)29;/h5-16H,1-2,4H3,(H,34,35,36);/q;+1/p-1/b21-11+,26-15+,27-24+;. The molecular weight excluding hydrogens is 507 g/mol. The number of nitrogens with zero attached hydrogens (tertiary/aromatic N) is 4. The fourth-order valence-corrected chi connectivity index (χ4v) is 5.39. The number of benzene rings is 3. The number of anilines is 1. The topological polar surface area (TPSA) is 112 Å². The van der Waals surface area contributed by atoms with E-state index in [9.17, 15) is 23.5 Å². The molecule has 3 aromatic carbocycles. The van der Waals surface area contributed by atoms with E-state index in [1.165, 1.54) is 12.1 Å². The molecule has 0 unspecified atom stereocenters. The average Bonchev–Trinajstić information content (AvgIpc) is 3.08. The first-order valence-electron chi connectivity index (χ1n) is 11.2. The van der Waals surface area contributed by atoms with Gasteiger partial charge in [-0.2, -0.15) is 5.26 Å². The maximum Gasteiger partial charge on any atom is 1.00 e. The fourth-order valence-electron chi connectivity index (χ4n) is 4.89. The van der Waals surface area contributed by atoms with Gasteiger partial charge in [0.05, 0.1) is 29.2 Å². The van der Waals surface area contributed by atoms with Gasteiger partial charge in [0.15, 0.2) is 0 Å². The molecule has 0 atom stereocenters. The van der Waals surface area contributed by atoms with Crippen molar-refractivity contribution in [1.29, 1.82) is 10.5 Å². The van der Waals surface area contributed by atoms with Crippen LogP contribution >= 0.6 is 0 Å². The Morgan fingerprint density at radius 1 is 1.08 bits per heavy atom. The summed E-state index contributed by atoms with van der Waals surface area (Å²) >= 11 is 0. The largest absolute Gasteiger partial charge is 1.00 e. The predicted molar refractivity (Wildman–Crippen MR) is 141 cm³/mol. The molecule has 0 spiro atoms. The summed E-state index contributed by atoms with van der Waals surface area (Å²) in [7, 11) is -2.68. The van der Waals surface area contributed by atoms with Crippen molar-refractivity contribution in [2.75, 3.05) is 11.9 Å². The first-order valence-corrected chi connectivity index (χ1v) is 12.6. The quantitative estimate of drug-likeness (QED) is 0.169. The van der Waals surface area contributed by atoms with Crippen LogP contribution in [0.1, 0.15) is 25.0 Å². The molecule has 1 aliphatic rings. The molecule has 9 heteroatoms. The molecule has 0 radical (unpaired) electrons. The molecule has 0 saturated heterocycles. The van der Waals surface area contributed by atoms with Gasteiger partial charge >= 0.3 is 29.6 Å². The van der Waals surface area contributed by atoms with Gasteiger partial charge in [-0.3, -0.25) is 0 Å². The molecule has 0 aliphatic carbocycles. The van der Waals surface area contributed by atoms with Crippen LogP contribution in [-0.2, 0) is 15.5 Å². The van der Waals surface area contributed by atoms with Gasteiger partial charge in [-0.25, -0.2) is 18.5 Å². The Labute approximate surface area is 244 Å². The summed E-state index contributed by atoms with van der Waals surface area (Å²) < 4.78 is 34.6. The van der Waals surface area contributed by atoms with Crippen LogP contribution in [0.3, 0.4) is 0 Å². The van der Waals surface area contributed by atoms with Gasteiger partial charge in [-0.1, -0.05) is 56.3 Å². The summed E-state index contributed by atoms with van der Waals surface area (Å²) in [6, 6.07) is 20.9. The SMILES string of the molecule is [C-]#[N+]/C(C#N)=C(/C(C#N)=C/C=C1/N(C)c2ccc3cc(S(=O)(=O)[O-])ccc3c2C1(C)C)c1ccccc1.[Na+]. The molecule has 1 aliphatic heterocycles. The predicted octanol–water partition coefficient (Wildman–Crippen LogP) is 2.66. The molecule has 3 aromatic rings. The summed E-state index contributed by atoms with van der Waals surface area (Å²) in [6.07, 6.45) is 3.43. The number of nitriles is 2. The molecule has 0 saturated carbocycles. The Morgan fingerprint density at radius 2 is 1.76 bits per heavy atom. The van der Waals surface area contributed by atoms with E-state index in [1.54, 1.807) is 42.5 Å². The van der Waals surface area contributed by atoms with E-state index >= 15 is 0 Å². The van der Waals surface area contributed by atoms with Crippen molar-refractivity contribution >= 4 is 32.2 Å². The Morgan fingerprint density at radius 3 is 2.34 bits per heavy atom. The van der Waals surface area contributed by atoms with Crippen LogP contribution in [0, 0.1) is 29.2 Å². The van der Waals surface area contributed by atoms with E-state index in [1.807, 2.05) is 50.1 Å². The Kier molecular flexibility index (Phi) is 8.34. The van der Waals surface area contributed by atoms with Crippen molar-refractivity contribution in [2.45, 2.75) is 24.2 Å². The molecule has 0 aromatic heterocycles. The van der Waals surface area contributed by atoms with Crippen LogP contribution in [0.4, 0.5) is 5.69 Å². The maximum atomic E-state index is 11.5. The molecule has 4 rings (SSSR count). The minimum absolute atomic E-state index is 0. The number of hydrogen-bond acceptors (Lipinski definition) is 6. The molecule has 38 heavy (non-hydrogen) atoms. The minimum Gasteiger partial charge on any atom is -0.744 e. The molecule has 0 N–H and O–H groups in total. The molecular formula is C29H21N4NaO3S. The summed E-state index contributed by atoms with van der Waals surface area (Å²) in [5.74, 6) is 0. The van der Waals surface area contributed by atoms with Crippen molar-refractivity contribution in [3.8, 4) is 12.1 Å². The zero-order valence-corrected chi connectivity index (χ0v) is 24.2. The molecule has 0 amide bonds. The molecule has 7 nitrogen and oxygen atoms in total. The van der Waals surface area contributed by atoms with Crippen molar-refractivity contribution in [3.05, 3.63) is 112 Å². The summed E-state index contributed by atoms with van der Waals surface area (Å²) in [6.45, 7) is 11.5. The van der Waals surface area contributed by atoms with Gasteiger partial charge in [0, 0.05) is 29.4 Å². The van der Waals surface area contributed by atoms with Gasteiger partial charge in [-0.15, -0.1) is 0 Å². The van der Waals surface area contributed by atoms with Gasteiger partial charge in [-0.05, 0) is 52.3 Å². The van der Waals surface area contributed by atoms with Crippen LogP contribution in [0.2, 0.25) is 0 Å². The number of fused-ring (bicyclic) bond motifs is 3. The van der Waals surface area contributed by atoms with Crippen LogP contribution < -0.4 is 34.5 Å². The first kappa shape index (κ1) is 28.9. The van der Waals surface area contributed by atoms with E-state index in [4.69, 9.17) is 6.57 Å². The Balaban J connectivity index is 0.00000400. The second-order valence-electron chi connectivity index (χ2n) is 9.04. The van der Waals surface area contributed by atoms with Crippen LogP contribution in [-0.4, -0.2) is 20.0 Å². The van der Waals surface area contributed by atoms with E-state index in [0.717, 1.165) is 22.3 Å². The second kappa shape index (κ2) is 11.0. The maximum absolute atomic E-state index is 11.5. The monoisotopic (exact) mass is 528 g/mol. The fraction of sp³-hybridized carbons (Fsp3) is 0.138. The van der Waals surface area contributed by atoms with E-state index in [0.29, 0.717) is 10.9 Å². The van der Waals surface area contributed by atoms with Gasteiger partial charge in [0.1, 0.15) is 10.1 Å². The van der Waals surface area contributed by atoms with Crippen molar-refractivity contribution in [1.82, 2.24) is 0 Å². The van der Waals surface area contributed by atoms with Crippen molar-refractivity contribution in [2.24, 2.45) is 0 Å². The third-order valence-electron chi connectivity index (χ3n) is 6.56. The Hall–Kier alpha value is -3.68. The van der Waals surface area contributed by atoms with E-state index < -0.39 is 15.5 Å². The van der Waals surface area contributed by atoms with Crippen LogP contribution in [0.5, 0.6) is 0 Å². The number of hydrogen-bond donors (Lipinski definition) is 0. The molecule has 1 heterocycles. The van der Waals surface area contributed by atoms with Gasteiger partial charge < -0.3 is 9.45 Å². The number of allylic oxidation sites excluding steroid dienone is 6. The second-order valence-corrected chi connectivity index (χ2v) is 10.4. The zero-order chi connectivity index (χ0) is 27.0. The summed E-state index contributed by atoms with van der Waals surface area (Å²) in [4.78, 5) is 5.05. The zero-order valence-electron chi connectivity index (χ0n) is 21.4. The smallest absolute Gasteiger partial charge is 0.744 e. The van der Waals surface area contributed by atoms with Gasteiger partial charge in [0.2, 0.25) is 0 Å². The molecule has 182 valence electrons. The number of rotatable bonds is 4. The normalized spacial score (nSPS) is 16.1. The van der Waals surface area contributed by atoms with E-state index in [-0.39, 0.29) is 51.3 Å². The Bertz CT molecular complexity index is 1750. The van der Waals surface area contributed by atoms with Gasteiger partial charge in [0.25, 0.3) is 5.70 Å². The van der Waals surface area contributed by atoms with Crippen molar-refractivity contribution in [3.63, 3.8) is 0 Å². The van der Waals surface area contributed by atoms with Crippen LogP contribution in [0.25, 0.3) is 21.2 Å². The number of likely N-dealkylation sites (N-methyl/N-ethyl adjacent to an activating group) is 1. The van der Waals surface area contributed by atoms with E-state index in [2.05, 4.69) is 10.9 Å². The third kappa shape index (κ3) is 5.04. The summed E-state index contributed by atoms with van der Waals surface area (Å²) in [5, 5.41) is 21.0. The van der Waals surface area contributed by atoms with Crippen molar-refractivity contribution < 1.29 is 42.5 Å². The molecule has 0 fully saturated rings.